The zero-order valence-corrected chi connectivity index (χ0v) is 12.9. The fourth-order valence-electron chi connectivity index (χ4n) is 1.20. The van der Waals surface area contributed by atoms with Crippen LogP contribution in [0.2, 0.25) is 0 Å². The molecule has 2 N–H and O–H groups in total. The lowest BCUT2D eigenvalue weighted by Crippen LogP contribution is -2.52. The van der Waals surface area contributed by atoms with Crippen molar-refractivity contribution in [3.63, 3.8) is 0 Å². The summed E-state index contributed by atoms with van der Waals surface area (Å²) in [7, 11) is 0. The zero-order valence-electron chi connectivity index (χ0n) is 11.3. The van der Waals surface area contributed by atoms with Gasteiger partial charge in [0, 0.05) is 15.6 Å². The van der Waals surface area contributed by atoms with E-state index in [2.05, 4.69) is 15.9 Å². The molecular formula is C14H20BrNO2. The van der Waals surface area contributed by atoms with Gasteiger partial charge in [-0.15, -0.1) is 0 Å². The van der Waals surface area contributed by atoms with Gasteiger partial charge < -0.3 is 10.5 Å². The summed E-state index contributed by atoms with van der Waals surface area (Å²) >= 11 is 3.42. The first kappa shape index (κ1) is 15.2. The number of carbonyl (C=O) groups excluding carboxylic acids is 1. The van der Waals surface area contributed by atoms with Crippen molar-refractivity contribution >= 4 is 21.9 Å². The number of nitrogens with two attached hydrogens (primary N) is 1. The first-order chi connectivity index (χ1) is 8.16. The Bertz CT molecular complexity index is 436. The van der Waals surface area contributed by atoms with Gasteiger partial charge in [0.15, 0.2) is 0 Å². The number of hydrogen-bond donors (Lipinski definition) is 1. The predicted molar refractivity (Wildman–Crippen MR) is 76.0 cm³/mol. The van der Waals surface area contributed by atoms with Crippen LogP contribution >= 0.6 is 15.9 Å². The van der Waals surface area contributed by atoms with E-state index in [0.29, 0.717) is 0 Å². The Kier molecular flexibility index (Phi) is 4.56. The van der Waals surface area contributed by atoms with Gasteiger partial charge in [-0.3, -0.25) is 4.79 Å². The summed E-state index contributed by atoms with van der Waals surface area (Å²) < 4.78 is 6.28. The molecule has 0 saturated heterocycles. The standard InChI is InChI=1S/C14H20BrNO2/c1-13(2,14(3,4)16)12(17)18-9-10-7-5-6-8-11(10)15/h5-8H,9,16H2,1-4H3. The molecule has 0 radical (unpaired) electrons. The summed E-state index contributed by atoms with van der Waals surface area (Å²) in [5.41, 5.74) is 5.59. The van der Waals surface area contributed by atoms with Crippen LogP contribution in [0.3, 0.4) is 0 Å². The second-order valence-electron chi connectivity index (χ2n) is 5.51. The molecule has 0 aliphatic carbocycles. The van der Waals surface area contributed by atoms with Gasteiger partial charge in [-0.1, -0.05) is 34.1 Å². The summed E-state index contributed by atoms with van der Waals surface area (Å²) in [6.07, 6.45) is 0. The van der Waals surface area contributed by atoms with E-state index in [1.165, 1.54) is 0 Å². The van der Waals surface area contributed by atoms with Gasteiger partial charge in [0.1, 0.15) is 6.61 Å². The monoisotopic (exact) mass is 313 g/mol. The Labute approximate surface area is 117 Å². The largest absolute Gasteiger partial charge is 0.460 e. The van der Waals surface area contributed by atoms with Crippen molar-refractivity contribution < 1.29 is 9.53 Å². The highest BCUT2D eigenvalue weighted by molar-refractivity contribution is 9.10. The second-order valence-corrected chi connectivity index (χ2v) is 6.37. The van der Waals surface area contributed by atoms with E-state index in [0.717, 1.165) is 10.0 Å². The topological polar surface area (TPSA) is 52.3 Å². The Morgan fingerprint density at radius 3 is 2.33 bits per heavy atom. The van der Waals surface area contributed by atoms with Gasteiger partial charge in [-0.05, 0) is 33.8 Å². The minimum Gasteiger partial charge on any atom is -0.460 e. The Morgan fingerprint density at radius 2 is 1.83 bits per heavy atom. The molecular weight excluding hydrogens is 294 g/mol. The van der Waals surface area contributed by atoms with Crippen LogP contribution in [0.4, 0.5) is 0 Å². The third-order valence-corrected chi connectivity index (χ3v) is 4.21. The number of esters is 1. The summed E-state index contributed by atoms with van der Waals surface area (Å²) in [4.78, 5) is 12.1. The molecule has 18 heavy (non-hydrogen) atoms. The zero-order chi connectivity index (χ0) is 14.0. The SMILES string of the molecule is CC(C)(N)C(C)(C)C(=O)OCc1ccccc1Br. The van der Waals surface area contributed by atoms with Crippen LogP contribution in [0.15, 0.2) is 28.7 Å². The molecule has 1 aromatic rings. The lowest BCUT2D eigenvalue weighted by atomic mass is 9.75. The summed E-state index contributed by atoms with van der Waals surface area (Å²) in [5.74, 6) is -0.286. The third-order valence-electron chi connectivity index (χ3n) is 3.44. The van der Waals surface area contributed by atoms with E-state index in [9.17, 15) is 4.79 Å². The van der Waals surface area contributed by atoms with Crippen molar-refractivity contribution in [3.8, 4) is 0 Å². The Hall–Kier alpha value is -0.870. The van der Waals surface area contributed by atoms with Crippen molar-refractivity contribution in [1.82, 2.24) is 0 Å². The maximum absolute atomic E-state index is 12.1. The number of ether oxygens (including phenoxy) is 1. The molecule has 0 atom stereocenters. The lowest BCUT2D eigenvalue weighted by Gasteiger charge is -2.35. The van der Waals surface area contributed by atoms with Crippen LogP contribution < -0.4 is 5.73 Å². The molecule has 0 heterocycles. The van der Waals surface area contributed by atoms with Gasteiger partial charge in [-0.2, -0.15) is 0 Å². The molecule has 0 unspecified atom stereocenters. The first-order valence-corrected chi connectivity index (χ1v) is 6.65. The van der Waals surface area contributed by atoms with E-state index in [4.69, 9.17) is 10.5 Å². The molecule has 4 heteroatoms. The Morgan fingerprint density at radius 1 is 1.28 bits per heavy atom. The normalized spacial score (nSPS) is 12.3. The molecule has 3 nitrogen and oxygen atoms in total. The van der Waals surface area contributed by atoms with Gasteiger partial charge in [0.05, 0.1) is 5.41 Å². The molecule has 0 amide bonds. The van der Waals surface area contributed by atoms with Crippen LogP contribution in [0.5, 0.6) is 0 Å². The molecule has 0 saturated carbocycles. The van der Waals surface area contributed by atoms with E-state index < -0.39 is 11.0 Å². The van der Waals surface area contributed by atoms with E-state index >= 15 is 0 Å². The number of hydrogen-bond acceptors (Lipinski definition) is 3. The quantitative estimate of drug-likeness (QED) is 0.868. The van der Waals surface area contributed by atoms with Crippen molar-refractivity contribution in [2.45, 2.75) is 39.8 Å². The highest BCUT2D eigenvalue weighted by Crippen LogP contribution is 2.30. The van der Waals surface area contributed by atoms with Crippen LogP contribution in [-0.2, 0) is 16.1 Å². The summed E-state index contributed by atoms with van der Waals surface area (Å²) in [6.45, 7) is 7.50. The average Bonchev–Trinajstić information content (AvgIpc) is 2.26. The smallest absolute Gasteiger partial charge is 0.313 e. The van der Waals surface area contributed by atoms with Crippen LogP contribution in [-0.4, -0.2) is 11.5 Å². The van der Waals surface area contributed by atoms with Crippen molar-refractivity contribution in [2.75, 3.05) is 0 Å². The minimum absolute atomic E-state index is 0.250. The van der Waals surface area contributed by atoms with Crippen molar-refractivity contribution in [2.24, 2.45) is 11.1 Å². The molecule has 0 aliphatic heterocycles. The second kappa shape index (κ2) is 5.41. The summed E-state index contributed by atoms with van der Waals surface area (Å²) in [5, 5.41) is 0. The van der Waals surface area contributed by atoms with Gasteiger partial charge in [-0.25, -0.2) is 0 Å². The highest BCUT2D eigenvalue weighted by atomic mass is 79.9. The average molecular weight is 314 g/mol. The maximum Gasteiger partial charge on any atom is 0.313 e. The minimum atomic E-state index is -0.728. The fraction of sp³-hybridized carbons (Fsp3) is 0.500. The lowest BCUT2D eigenvalue weighted by molar-refractivity contribution is -0.158. The third kappa shape index (κ3) is 3.33. The molecule has 0 aromatic heterocycles. The maximum atomic E-state index is 12.1. The number of benzene rings is 1. The number of halogens is 1. The number of carbonyl (C=O) groups is 1. The van der Waals surface area contributed by atoms with E-state index in [1.54, 1.807) is 13.8 Å². The molecule has 0 aliphatic rings. The molecule has 0 fully saturated rings. The van der Waals surface area contributed by atoms with Gasteiger partial charge in [0.25, 0.3) is 0 Å². The molecule has 0 spiro atoms. The number of rotatable bonds is 4. The van der Waals surface area contributed by atoms with E-state index in [1.807, 2.05) is 38.1 Å². The summed E-state index contributed by atoms with van der Waals surface area (Å²) in [6, 6.07) is 7.66. The van der Waals surface area contributed by atoms with Crippen molar-refractivity contribution in [3.05, 3.63) is 34.3 Å². The first-order valence-electron chi connectivity index (χ1n) is 5.86. The van der Waals surface area contributed by atoms with Crippen LogP contribution in [0.1, 0.15) is 33.3 Å². The fourth-order valence-corrected chi connectivity index (χ4v) is 1.60. The molecule has 1 aromatic carbocycles. The highest BCUT2D eigenvalue weighted by Gasteiger charge is 2.41. The van der Waals surface area contributed by atoms with Gasteiger partial charge >= 0.3 is 5.97 Å². The van der Waals surface area contributed by atoms with E-state index in [-0.39, 0.29) is 12.6 Å². The molecule has 100 valence electrons. The van der Waals surface area contributed by atoms with Crippen molar-refractivity contribution in [1.29, 1.82) is 0 Å². The molecule has 1 rings (SSSR count). The van der Waals surface area contributed by atoms with Gasteiger partial charge in [0.2, 0.25) is 0 Å². The Balaban J connectivity index is 2.71. The van der Waals surface area contributed by atoms with Crippen LogP contribution in [0, 0.1) is 5.41 Å². The predicted octanol–water partition coefficient (Wildman–Crippen LogP) is 3.26. The molecule has 0 bridgehead atoms. The van der Waals surface area contributed by atoms with Crippen LogP contribution in [0.25, 0.3) is 0 Å².